The molecular weight excluding hydrogens is 446 g/mol. The summed E-state index contributed by atoms with van der Waals surface area (Å²) in [6, 6.07) is 10.6. The molecule has 0 aliphatic carbocycles. The summed E-state index contributed by atoms with van der Waals surface area (Å²) in [5.41, 5.74) is 3.75. The van der Waals surface area contributed by atoms with Gasteiger partial charge in [-0.15, -0.1) is 0 Å². The number of carbonyl (C=O) groups excluding carboxylic acids is 3. The fourth-order valence-corrected chi connectivity index (χ4v) is 4.52. The predicted molar refractivity (Wildman–Crippen MR) is 130 cm³/mol. The molecule has 0 fully saturated rings. The minimum atomic E-state index is -0.778. The monoisotopic (exact) mass is 469 g/mol. The Balaban J connectivity index is 1.88. The number of ether oxygens (including phenoxy) is 2. The first kappa shape index (κ1) is 22.4. The molecule has 2 aliphatic rings. The SMILES string of the molecule is C=C(C)c1cc2cc(C(C)=O)c3c(c2o1)C1c2ccccc2C=CN1/C(=C/C(=O)OCC)C(=O)O3. The highest BCUT2D eigenvalue weighted by Crippen LogP contribution is 2.49. The number of nitrogens with zero attached hydrogens (tertiary/aromatic N) is 1. The summed E-state index contributed by atoms with van der Waals surface area (Å²) in [5.74, 6) is -1.04. The zero-order valence-electron chi connectivity index (χ0n) is 19.6. The van der Waals surface area contributed by atoms with Crippen molar-refractivity contribution in [3.8, 4) is 5.75 Å². The summed E-state index contributed by atoms with van der Waals surface area (Å²) in [4.78, 5) is 40.1. The summed E-state index contributed by atoms with van der Waals surface area (Å²) in [6.07, 6.45) is 4.70. The Bertz CT molecular complexity index is 1490. The molecule has 7 heteroatoms. The second-order valence-electron chi connectivity index (χ2n) is 8.46. The Morgan fingerprint density at radius 1 is 1.20 bits per heavy atom. The maximum Gasteiger partial charge on any atom is 0.360 e. The fourth-order valence-electron chi connectivity index (χ4n) is 4.52. The largest absolute Gasteiger partial charge is 0.463 e. The lowest BCUT2D eigenvalue weighted by atomic mass is 9.88. The Labute approximate surface area is 201 Å². The first-order valence-corrected chi connectivity index (χ1v) is 11.2. The number of carbonyl (C=O) groups is 3. The maximum absolute atomic E-state index is 13.4. The van der Waals surface area contributed by atoms with Crippen LogP contribution >= 0.6 is 0 Å². The molecule has 7 nitrogen and oxygen atoms in total. The van der Waals surface area contributed by atoms with Gasteiger partial charge in [-0.25, -0.2) is 9.59 Å². The van der Waals surface area contributed by atoms with Gasteiger partial charge in [0.25, 0.3) is 0 Å². The number of Topliss-reactive ketones (excluding diaryl/α,β-unsaturated/α-hetero) is 1. The maximum atomic E-state index is 13.4. The summed E-state index contributed by atoms with van der Waals surface area (Å²) in [7, 11) is 0. The molecule has 2 aromatic carbocycles. The number of benzene rings is 2. The van der Waals surface area contributed by atoms with E-state index in [9.17, 15) is 14.4 Å². The van der Waals surface area contributed by atoms with Gasteiger partial charge >= 0.3 is 11.9 Å². The molecule has 0 amide bonds. The van der Waals surface area contributed by atoms with Gasteiger partial charge in [0.15, 0.2) is 11.5 Å². The van der Waals surface area contributed by atoms with Crippen molar-refractivity contribution in [3.05, 3.63) is 89.0 Å². The van der Waals surface area contributed by atoms with E-state index in [0.29, 0.717) is 27.9 Å². The molecule has 2 aliphatic heterocycles. The van der Waals surface area contributed by atoms with Gasteiger partial charge in [-0.2, -0.15) is 0 Å². The average molecular weight is 469 g/mol. The van der Waals surface area contributed by atoms with E-state index < -0.39 is 18.0 Å². The van der Waals surface area contributed by atoms with Crippen molar-refractivity contribution < 1.29 is 28.3 Å². The molecular formula is C28H23NO6. The molecule has 0 spiro atoms. The van der Waals surface area contributed by atoms with Crippen molar-refractivity contribution >= 4 is 40.3 Å². The first-order chi connectivity index (χ1) is 16.8. The van der Waals surface area contributed by atoms with Crippen molar-refractivity contribution in [2.45, 2.75) is 26.8 Å². The molecule has 3 aromatic rings. The van der Waals surface area contributed by atoms with Gasteiger partial charge in [0, 0.05) is 11.6 Å². The van der Waals surface area contributed by atoms with Crippen molar-refractivity contribution in [2.75, 3.05) is 6.61 Å². The number of hydrogen-bond acceptors (Lipinski definition) is 7. The smallest absolute Gasteiger partial charge is 0.360 e. The van der Waals surface area contributed by atoms with E-state index in [1.54, 1.807) is 24.1 Å². The molecule has 0 radical (unpaired) electrons. The molecule has 0 saturated carbocycles. The summed E-state index contributed by atoms with van der Waals surface area (Å²) < 4.78 is 17.1. The van der Waals surface area contributed by atoms with Crippen LogP contribution in [-0.2, 0) is 14.3 Å². The molecule has 0 N–H and O–H groups in total. The Hall–Kier alpha value is -4.39. The third-order valence-corrected chi connectivity index (χ3v) is 6.07. The Morgan fingerprint density at radius 2 is 1.97 bits per heavy atom. The van der Waals surface area contributed by atoms with E-state index in [-0.39, 0.29) is 29.4 Å². The van der Waals surface area contributed by atoms with E-state index in [1.165, 1.54) is 6.92 Å². The number of rotatable bonds is 4. The summed E-state index contributed by atoms with van der Waals surface area (Å²) in [5, 5.41) is 0.688. The molecule has 1 atom stereocenters. The van der Waals surface area contributed by atoms with Crippen LogP contribution in [-0.4, -0.2) is 29.2 Å². The molecule has 1 unspecified atom stereocenters. The number of hydrogen-bond donors (Lipinski definition) is 0. The lowest BCUT2D eigenvalue weighted by Gasteiger charge is -2.33. The van der Waals surface area contributed by atoms with Gasteiger partial charge in [0.05, 0.1) is 29.9 Å². The quantitative estimate of drug-likeness (QED) is 0.219. The van der Waals surface area contributed by atoms with Crippen molar-refractivity contribution in [1.29, 1.82) is 0 Å². The van der Waals surface area contributed by atoms with Crippen LogP contribution < -0.4 is 4.74 Å². The van der Waals surface area contributed by atoms with E-state index in [0.717, 1.165) is 17.2 Å². The van der Waals surface area contributed by atoms with Crippen LogP contribution in [0.15, 0.2) is 65.4 Å². The number of esters is 2. The number of fused-ring (bicyclic) bond motifs is 7. The van der Waals surface area contributed by atoms with Crippen LogP contribution in [0.1, 0.15) is 59.6 Å². The normalized spacial score (nSPS) is 17.3. The van der Waals surface area contributed by atoms with Gasteiger partial charge in [0.1, 0.15) is 17.0 Å². The van der Waals surface area contributed by atoms with Crippen molar-refractivity contribution in [2.24, 2.45) is 0 Å². The molecule has 1 aromatic heterocycles. The molecule has 176 valence electrons. The number of allylic oxidation sites excluding steroid dienone is 1. The third kappa shape index (κ3) is 3.65. The van der Waals surface area contributed by atoms with Gasteiger partial charge in [-0.1, -0.05) is 30.8 Å². The zero-order valence-corrected chi connectivity index (χ0v) is 19.6. The van der Waals surface area contributed by atoms with Gasteiger partial charge < -0.3 is 18.8 Å². The van der Waals surface area contributed by atoms with E-state index in [4.69, 9.17) is 13.9 Å². The highest BCUT2D eigenvalue weighted by Gasteiger charge is 2.40. The van der Waals surface area contributed by atoms with Gasteiger partial charge in [0.2, 0.25) is 0 Å². The molecule has 35 heavy (non-hydrogen) atoms. The van der Waals surface area contributed by atoms with Gasteiger partial charge in [-0.05, 0) is 55.7 Å². The highest BCUT2D eigenvalue weighted by molar-refractivity contribution is 6.06. The van der Waals surface area contributed by atoms with Crippen LogP contribution in [0.3, 0.4) is 0 Å². The standard InChI is InChI=1S/C28H23NO6/c1-5-33-23(31)14-21-28(32)35-27-20(16(4)30)12-18-13-22(15(2)3)34-26(18)24(27)25-19-9-7-6-8-17(19)10-11-29(21)25/h6-14,25H,2,5H2,1,3-4H3/b21-14+. The van der Waals surface area contributed by atoms with Crippen LogP contribution in [0.25, 0.3) is 22.6 Å². The lowest BCUT2D eigenvalue weighted by Crippen LogP contribution is -2.30. The van der Waals surface area contributed by atoms with Crippen LogP contribution in [0.2, 0.25) is 0 Å². The molecule has 0 bridgehead atoms. The lowest BCUT2D eigenvalue weighted by molar-refractivity contribution is -0.138. The second kappa shape index (κ2) is 8.43. The summed E-state index contributed by atoms with van der Waals surface area (Å²) >= 11 is 0. The zero-order chi connectivity index (χ0) is 24.9. The Morgan fingerprint density at radius 3 is 2.69 bits per heavy atom. The summed E-state index contributed by atoms with van der Waals surface area (Å²) in [6.45, 7) is 9.06. The minimum absolute atomic E-state index is 0.00950. The topological polar surface area (TPSA) is 86.0 Å². The van der Waals surface area contributed by atoms with E-state index >= 15 is 0 Å². The number of furan rings is 1. The minimum Gasteiger partial charge on any atom is -0.463 e. The average Bonchev–Trinajstić information content (AvgIpc) is 3.21. The Kier molecular flexibility index (Phi) is 5.40. The van der Waals surface area contributed by atoms with Crippen LogP contribution in [0.5, 0.6) is 5.75 Å². The molecule has 0 saturated heterocycles. The molecule has 3 heterocycles. The highest BCUT2D eigenvalue weighted by atomic mass is 16.5. The predicted octanol–water partition coefficient (Wildman–Crippen LogP) is 5.41. The fraction of sp³-hybridized carbons (Fsp3) is 0.179. The van der Waals surface area contributed by atoms with Gasteiger partial charge in [-0.3, -0.25) is 4.79 Å². The van der Waals surface area contributed by atoms with E-state index in [2.05, 4.69) is 6.58 Å². The number of ketones is 1. The van der Waals surface area contributed by atoms with Crippen LogP contribution in [0, 0.1) is 0 Å². The van der Waals surface area contributed by atoms with Crippen LogP contribution in [0.4, 0.5) is 0 Å². The first-order valence-electron chi connectivity index (χ1n) is 11.2. The third-order valence-electron chi connectivity index (χ3n) is 6.07. The van der Waals surface area contributed by atoms with Crippen molar-refractivity contribution in [3.63, 3.8) is 0 Å². The second-order valence-corrected chi connectivity index (χ2v) is 8.46. The van der Waals surface area contributed by atoms with Crippen molar-refractivity contribution in [1.82, 2.24) is 4.90 Å². The van der Waals surface area contributed by atoms with E-state index in [1.807, 2.05) is 43.3 Å². The molecule has 5 rings (SSSR count).